The van der Waals surface area contributed by atoms with Gasteiger partial charge in [-0.15, -0.1) is 0 Å². The lowest BCUT2D eigenvalue weighted by Crippen LogP contribution is -2.44. The molecule has 7 nitrogen and oxygen atoms in total. The summed E-state index contributed by atoms with van der Waals surface area (Å²) in [7, 11) is 1.86. The standard InChI is InChI=1S/C11H18N4O3/c1-9-12-10(18-13-9)7-14(2)8-11(16)15-3-5-17-6-4-15/h3-8H2,1-2H3. The molecule has 0 radical (unpaired) electrons. The molecule has 1 aromatic heterocycles. The van der Waals surface area contributed by atoms with Crippen molar-refractivity contribution in [2.24, 2.45) is 0 Å². The van der Waals surface area contributed by atoms with Crippen molar-refractivity contribution in [3.05, 3.63) is 11.7 Å². The van der Waals surface area contributed by atoms with E-state index in [1.54, 1.807) is 6.92 Å². The number of nitrogens with zero attached hydrogens (tertiary/aromatic N) is 4. The van der Waals surface area contributed by atoms with Crippen LogP contribution in [-0.2, 0) is 16.1 Å². The number of amides is 1. The number of aromatic nitrogens is 2. The summed E-state index contributed by atoms with van der Waals surface area (Å²) in [5.74, 6) is 1.25. The van der Waals surface area contributed by atoms with Gasteiger partial charge in [-0.25, -0.2) is 0 Å². The number of aryl methyl sites for hydroxylation is 1. The maximum atomic E-state index is 12.0. The van der Waals surface area contributed by atoms with Crippen molar-refractivity contribution in [1.29, 1.82) is 0 Å². The highest BCUT2D eigenvalue weighted by Gasteiger charge is 2.18. The van der Waals surface area contributed by atoms with Crippen molar-refractivity contribution in [1.82, 2.24) is 19.9 Å². The Hall–Kier alpha value is -1.47. The van der Waals surface area contributed by atoms with Crippen molar-refractivity contribution >= 4 is 5.91 Å². The molecule has 100 valence electrons. The van der Waals surface area contributed by atoms with Crippen molar-refractivity contribution in [2.75, 3.05) is 39.9 Å². The van der Waals surface area contributed by atoms with Gasteiger partial charge in [-0.05, 0) is 14.0 Å². The number of ether oxygens (including phenoxy) is 1. The second kappa shape index (κ2) is 5.92. The van der Waals surface area contributed by atoms with Crippen LogP contribution in [0.2, 0.25) is 0 Å². The van der Waals surface area contributed by atoms with Crippen LogP contribution in [0, 0.1) is 6.92 Å². The molecule has 1 aliphatic heterocycles. The summed E-state index contributed by atoms with van der Waals surface area (Å²) in [5, 5.41) is 3.71. The van der Waals surface area contributed by atoms with Crippen LogP contribution < -0.4 is 0 Å². The normalized spacial score (nSPS) is 16.3. The Balaban J connectivity index is 1.79. The van der Waals surface area contributed by atoms with Crippen LogP contribution in [0.1, 0.15) is 11.7 Å². The van der Waals surface area contributed by atoms with E-state index in [1.165, 1.54) is 0 Å². The summed E-state index contributed by atoms with van der Waals surface area (Å²) in [6, 6.07) is 0. The molecule has 0 N–H and O–H groups in total. The van der Waals surface area contributed by atoms with Crippen molar-refractivity contribution in [3.8, 4) is 0 Å². The lowest BCUT2D eigenvalue weighted by atomic mass is 10.4. The third-order valence-corrected chi connectivity index (χ3v) is 2.74. The maximum absolute atomic E-state index is 12.0. The lowest BCUT2D eigenvalue weighted by Gasteiger charge is -2.28. The number of hydrogen-bond acceptors (Lipinski definition) is 6. The summed E-state index contributed by atoms with van der Waals surface area (Å²) in [5.41, 5.74) is 0. The summed E-state index contributed by atoms with van der Waals surface area (Å²) < 4.78 is 10.2. The van der Waals surface area contributed by atoms with E-state index in [0.29, 0.717) is 51.1 Å². The first-order valence-corrected chi connectivity index (χ1v) is 5.98. The Morgan fingerprint density at radius 1 is 1.44 bits per heavy atom. The third kappa shape index (κ3) is 3.51. The summed E-state index contributed by atoms with van der Waals surface area (Å²) in [6.45, 7) is 5.19. The van der Waals surface area contributed by atoms with Gasteiger partial charge in [-0.1, -0.05) is 5.16 Å². The molecular weight excluding hydrogens is 236 g/mol. The van der Waals surface area contributed by atoms with Crippen LogP contribution in [-0.4, -0.2) is 65.7 Å². The zero-order valence-electron chi connectivity index (χ0n) is 10.8. The molecule has 0 atom stereocenters. The number of likely N-dealkylation sites (N-methyl/N-ethyl adjacent to an activating group) is 1. The van der Waals surface area contributed by atoms with Crippen LogP contribution in [0.15, 0.2) is 4.52 Å². The van der Waals surface area contributed by atoms with Crippen LogP contribution >= 0.6 is 0 Å². The van der Waals surface area contributed by atoms with Gasteiger partial charge in [-0.3, -0.25) is 9.69 Å². The first-order valence-electron chi connectivity index (χ1n) is 5.98. The summed E-state index contributed by atoms with van der Waals surface area (Å²) in [6.07, 6.45) is 0. The Bertz CT molecular complexity index is 401. The van der Waals surface area contributed by atoms with Crippen molar-refractivity contribution in [2.45, 2.75) is 13.5 Å². The Morgan fingerprint density at radius 3 is 2.78 bits per heavy atom. The van der Waals surface area contributed by atoms with Gasteiger partial charge in [0, 0.05) is 13.1 Å². The first kappa shape index (κ1) is 13.0. The maximum Gasteiger partial charge on any atom is 0.240 e. The minimum Gasteiger partial charge on any atom is -0.378 e. The van der Waals surface area contributed by atoms with Gasteiger partial charge >= 0.3 is 0 Å². The minimum atomic E-state index is 0.108. The topological polar surface area (TPSA) is 71.7 Å². The van der Waals surface area contributed by atoms with Gasteiger partial charge in [0.05, 0.1) is 26.3 Å². The average Bonchev–Trinajstić information content (AvgIpc) is 2.75. The molecular formula is C11H18N4O3. The molecule has 1 saturated heterocycles. The Kier molecular flexibility index (Phi) is 4.27. The Morgan fingerprint density at radius 2 is 2.17 bits per heavy atom. The van der Waals surface area contributed by atoms with Gasteiger partial charge in [0.15, 0.2) is 5.82 Å². The van der Waals surface area contributed by atoms with E-state index in [9.17, 15) is 4.79 Å². The Labute approximate surface area is 106 Å². The van der Waals surface area contributed by atoms with E-state index in [2.05, 4.69) is 10.1 Å². The summed E-state index contributed by atoms with van der Waals surface area (Å²) >= 11 is 0. The van der Waals surface area contributed by atoms with Crippen LogP contribution in [0.3, 0.4) is 0 Å². The molecule has 0 saturated carbocycles. The van der Waals surface area contributed by atoms with Crippen LogP contribution in [0.4, 0.5) is 0 Å². The highest BCUT2D eigenvalue weighted by molar-refractivity contribution is 5.78. The van der Waals surface area contributed by atoms with Crippen LogP contribution in [0.25, 0.3) is 0 Å². The SMILES string of the molecule is Cc1noc(CN(C)CC(=O)N2CCOCC2)n1. The molecule has 1 amide bonds. The van der Waals surface area contributed by atoms with E-state index >= 15 is 0 Å². The highest BCUT2D eigenvalue weighted by atomic mass is 16.5. The fourth-order valence-corrected chi connectivity index (χ4v) is 1.83. The fourth-order valence-electron chi connectivity index (χ4n) is 1.83. The van der Waals surface area contributed by atoms with Gasteiger partial charge in [0.1, 0.15) is 0 Å². The molecule has 0 unspecified atom stereocenters. The first-order chi connectivity index (χ1) is 8.65. The van der Waals surface area contributed by atoms with Crippen LogP contribution in [0.5, 0.6) is 0 Å². The van der Waals surface area contributed by atoms with E-state index in [0.717, 1.165) is 0 Å². The second-order valence-corrected chi connectivity index (χ2v) is 4.40. The molecule has 0 spiro atoms. The number of carbonyl (C=O) groups is 1. The van der Waals surface area contributed by atoms with E-state index in [1.807, 2.05) is 16.8 Å². The molecule has 0 aliphatic carbocycles. The molecule has 0 bridgehead atoms. The second-order valence-electron chi connectivity index (χ2n) is 4.40. The highest BCUT2D eigenvalue weighted by Crippen LogP contribution is 2.02. The molecule has 1 aliphatic rings. The summed E-state index contributed by atoms with van der Waals surface area (Å²) in [4.78, 5) is 19.8. The molecule has 2 heterocycles. The van der Waals surface area contributed by atoms with Gasteiger partial charge in [0.2, 0.25) is 11.8 Å². The molecule has 0 aromatic carbocycles. The molecule has 2 rings (SSSR count). The molecule has 18 heavy (non-hydrogen) atoms. The number of morpholine rings is 1. The quantitative estimate of drug-likeness (QED) is 0.732. The van der Waals surface area contributed by atoms with Crippen molar-refractivity contribution in [3.63, 3.8) is 0 Å². The minimum absolute atomic E-state index is 0.108. The average molecular weight is 254 g/mol. The lowest BCUT2D eigenvalue weighted by molar-refractivity contribution is -0.136. The van der Waals surface area contributed by atoms with E-state index in [-0.39, 0.29) is 5.91 Å². The molecule has 7 heteroatoms. The van der Waals surface area contributed by atoms with Gasteiger partial charge in [-0.2, -0.15) is 4.98 Å². The number of hydrogen-bond donors (Lipinski definition) is 0. The number of rotatable bonds is 4. The van der Waals surface area contributed by atoms with E-state index in [4.69, 9.17) is 9.26 Å². The van der Waals surface area contributed by atoms with Gasteiger partial charge in [0.25, 0.3) is 0 Å². The van der Waals surface area contributed by atoms with Gasteiger partial charge < -0.3 is 14.2 Å². The largest absolute Gasteiger partial charge is 0.378 e. The predicted octanol–water partition coefficient (Wildman–Crippen LogP) is -0.331. The molecule has 1 fully saturated rings. The fraction of sp³-hybridized carbons (Fsp3) is 0.727. The zero-order chi connectivity index (χ0) is 13.0. The number of carbonyl (C=O) groups excluding carboxylic acids is 1. The zero-order valence-corrected chi connectivity index (χ0v) is 10.8. The van der Waals surface area contributed by atoms with Crippen molar-refractivity contribution < 1.29 is 14.1 Å². The third-order valence-electron chi connectivity index (χ3n) is 2.74. The molecule has 1 aromatic rings. The van der Waals surface area contributed by atoms with E-state index < -0.39 is 0 Å². The monoisotopic (exact) mass is 254 g/mol. The smallest absolute Gasteiger partial charge is 0.240 e. The predicted molar refractivity (Wildman–Crippen MR) is 62.8 cm³/mol.